The van der Waals surface area contributed by atoms with Gasteiger partial charge < -0.3 is 15.5 Å². The number of aliphatic imine (C=N–C) groups is 1. The number of halogens is 1. The molecule has 0 saturated carbocycles. The first-order valence-corrected chi connectivity index (χ1v) is 10.2. The fraction of sp³-hybridized carbons (Fsp3) is 0.667. The molecule has 2 aliphatic rings. The highest BCUT2D eigenvalue weighted by atomic mass is 127. The fourth-order valence-electron chi connectivity index (χ4n) is 3.90. The molecule has 152 valence electrons. The van der Waals surface area contributed by atoms with Crippen molar-refractivity contribution in [2.24, 2.45) is 10.9 Å². The maximum Gasteiger partial charge on any atom is 0.191 e. The van der Waals surface area contributed by atoms with Gasteiger partial charge in [0.25, 0.3) is 0 Å². The van der Waals surface area contributed by atoms with Crippen molar-refractivity contribution in [3.63, 3.8) is 0 Å². The molecule has 1 unspecified atom stereocenters. The van der Waals surface area contributed by atoms with Crippen LogP contribution in [0.5, 0.6) is 0 Å². The van der Waals surface area contributed by atoms with Crippen molar-refractivity contribution >= 4 is 29.9 Å². The first-order valence-electron chi connectivity index (χ1n) is 10.2. The minimum absolute atomic E-state index is 0. The number of likely N-dealkylation sites (tertiary alicyclic amines) is 2. The van der Waals surface area contributed by atoms with Crippen molar-refractivity contribution in [3.05, 3.63) is 35.4 Å². The van der Waals surface area contributed by atoms with Crippen molar-refractivity contribution in [3.8, 4) is 0 Å². The van der Waals surface area contributed by atoms with Gasteiger partial charge in [0, 0.05) is 26.2 Å². The number of guanidine groups is 1. The summed E-state index contributed by atoms with van der Waals surface area (Å²) >= 11 is 0. The van der Waals surface area contributed by atoms with E-state index in [2.05, 4.69) is 58.7 Å². The summed E-state index contributed by atoms with van der Waals surface area (Å²) in [5.41, 5.74) is 2.68. The minimum Gasteiger partial charge on any atom is -0.357 e. The number of benzene rings is 1. The van der Waals surface area contributed by atoms with Crippen LogP contribution in [0.25, 0.3) is 0 Å². The molecule has 2 N–H and O–H groups in total. The van der Waals surface area contributed by atoms with Crippen molar-refractivity contribution < 1.29 is 0 Å². The van der Waals surface area contributed by atoms with Crippen LogP contribution in [0.4, 0.5) is 0 Å². The molecule has 6 heteroatoms. The maximum atomic E-state index is 4.77. The van der Waals surface area contributed by atoms with Gasteiger partial charge in [-0.05, 0) is 69.9 Å². The summed E-state index contributed by atoms with van der Waals surface area (Å²) in [6.45, 7) is 10.7. The molecule has 0 amide bonds. The minimum atomic E-state index is 0. The van der Waals surface area contributed by atoms with Gasteiger partial charge in [-0.1, -0.05) is 24.3 Å². The number of nitrogens with one attached hydrogen (secondary N) is 2. The Morgan fingerprint density at radius 1 is 1.07 bits per heavy atom. The molecule has 1 aromatic carbocycles. The molecule has 3 rings (SSSR count). The van der Waals surface area contributed by atoms with Crippen LogP contribution < -0.4 is 10.6 Å². The molecule has 5 nitrogen and oxygen atoms in total. The normalized spacial score (nSPS) is 21.3. The molecule has 0 aliphatic carbocycles. The van der Waals surface area contributed by atoms with Gasteiger partial charge in [-0.25, -0.2) is 4.99 Å². The van der Waals surface area contributed by atoms with Crippen LogP contribution in [0.1, 0.15) is 37.3 Å². The van der Waals surface area contributed by atoms with Crippen LogP contribution in [0, 0.1) is 5.92 Å². The lowest BCUT2D eigenvalue weighted by Gasteiger charge is -2.16. The van der Waals surface area contributed by atoms with Gasteiger partial charge in [-0.3, -0.25) is 4.90 Å². The predicted octanol–water partition coefficient (Wildman–Crippen LogP) is 2.91. The van der Waals surface area contributed by atoms with Gasteiger partial charge in [0.2, 0.25) is 0 Å². The zero-order valence-corrected chi connectivity index (χ0v) is 19.2. The summed E-state index contributed by atoms with van der Waals surface area (Å²) in [4.78, 5) is 9.71. The van der Waals surface area contributed by atoms with Gasteiger partial charge in [0.1, 0.15) is 0 Å². The largest absolute Gasteiger partial charge is 0.357 e. The first kappa shape index (κ1) is 22.4. The van der Waals surface area contributed by atoms with Crippen molar-refractivity contribution in [1.82, 2.24) is 20.4 Å². The van der Waals surface area contributed by atoms with E-state index in [1.165, 1.54) is 56.6 Å². The number of nitrogens with zero attached hydrogens (tertiary/aromatic N) is 3. The highest BCUT2D eigenvalue weighted by molar-refractivity contribution is 14.0. The highest BCUT2D eigenvalue weighted by Gasteiger charge is 2.19. The van der Waals surface area contributed by atoms with Gasteiger partial charge in [-0.15, -0.1) is 24.0 Å². The predicted molar refractivity (Wildman–Crippen MR) is 125 cm³/mol. The average Bonchev–Trinajstić information content (AvgIpc) is 3.30. The Labute approximate surface area is 182 Å². The summed E-state index contributed by atoms with van der Waals surface area (Å²) in [7, 11) is 2.20. The van der Waals surface area contributed by atoms with E-state index in [-0.39, 0.29) is 24.0 Å². The number of rotatable bonds is 7. The Hall–Kier alpha value is -0.860. The molecule has 27 heavy (non-hydrogen) atoms. The quantitative estimate of drug-likeness (QED) is 0.354. The van der Waals surface area contributed by atoms with E-state index in [0.29, 0.717) is 0 Å². The fourth-order valence-corrected chi connectivity index (χ4v) is 3.90. The maximum absolute atomic E-state index is 4.77. The van der Waals surface area contributed by atoms with Crippen molar-refractivity contribution in [2.75, 3.05) is 46.3 Å². The first-order chi connectivity index (χ1) is 12.7. The van der Waals surface area contributed by atoms with E-state index >= 15 is 0 Å². The van der Waals surface area contributed by atoms with Crippen LogP contribution in [-0.4, -0.2) is 62.1 Å². The lowest BCUT2D eigenvalue weighted by molar-refractivity contribution is 0.331. The molecular weight excluding hydrogens is 449 g/mol. The Morgan fingerprint density at radius 2 is 1.78 bits per heavy atom. The van der Waals surface area contributed by atoms with Crippen LogP contribution in [0.3, 0.4) is 0 Å². The molecule has 2 heterocycles. The van der Waals surface area contributed by atoms with E-state index in [9.17, 15) is 0 Å². The van der Waals surface area contributed by atoms with Gasteiger partial charge in [0.05, 0.1) is 6.54 Å². The molecule has 0 aromatic heterocycles. The van der Waals surface area contributed by atoms with Crippen LogP contribution in [-0.2, 0) is 13.1 Å². The lowest BCUT2D eigenvalue weighted by Crippen LogP contribution is -2.40. The third kappa shape index (κ3) is 7.58. The zero-order chi connectivity index (χ0) is 18.2. The Morgan fingerprint density at radius 3 is 2.41 bits per heavy atom. The standard InChI is InChI=1S/C21H35N5.HI/c1-3-22-21(24-15-20-10-13-25(2)16-20)23-14-18-6-8-19(9-7-18)17-26-11-4-5-12-26;/h6-9,20H,3-5,10-17H2,1-2H3,(H2,22,23,24);1H. The molecule has 1 aromatic rings. The molecule has 0 radical (unpaired) electrons. The second-order valence-electron chi connectivity index (χ2n) is 7.79. The third-order valence-corrected chi connectivity index (χ3v) is 5.44. The van der Waals surface area contributed by atoms with Crippen LogP contribution >= 0.6 is 24.0 Å². The second-order valence-corrected chi connectivity index (χ2v) is 7.79. The SMILES string of the molecule is CCNC(=NCc1ccc(CN2CCCC2)cc1)NCC1CCN(C)C1.I. The topological polar surface area (TPSA) is 42.9 Å². The zero-order valence-electron chi connectivity index (χ0n) is 16.9. The summed E-state index contributed by atoms with van der Waals surface area (Å²) in [5, 5.41) is 6.88. The molecular formula is C21H36IN5. The van der Waals surface area contributed by atoms with E-state index in [1.807, 2.05) is 0 Å². The molecule has 2 saturated heterocycles. The van der Waals surface area contributed by atoms with Gasteiger partial charge in [0.15, 0.2) is 5.96 Å². The van der Waals surface area contributed by atoms with E-state index < -0.39 is 0 Å². The monoisotopic (exact) mass is 485 g/mol. The van der Waals surface area contributed by atoms with Crippen LogP contribution in [0.15, 0.2) is 29.3 Å². The summed E-state index contributed by atoms with van der Waals surface area (Å²) in [6, 6.07) is 8.98. The van der Waals surface area contributed by atoms with Crippen molar-refractivity contribution in [1.29, 1.82) is 0 Å². The molecule has 0 bridgehead atoms. The summed E-state index contributed by atoms with van der Waals surface area (Å²) < 4.78 is 0. The lowest BCUT2D eigenvalue weighted by atomic mass is 10.1. The number of hydrogen-bond donors (Lipinski definition) is 2. The van der Waals surface area contributed by atoms with E-state index in [4.69, 9.17) is 4.99 Å². The smallest absolute Gasteiger partial charge is 0.191 e. The third-order valence-electron chi connectivity index (χ3n) is 5.44. The Balaban J connectivity index is 0.00000261. The van der Waals surface area contributed by atoms with E-state index in [1.54, 1.807) is 0 Å². The molecule has 2 fully saturated rings. The van der Waals surface area contributed by atoms with Gasteiger partial charge in [-0.2, -0.15) is 0 Å². The second kappa shape index (κ2) is 11.9. The van der Waals surface area contributed by atoms with Gasteiger partial charge >= 0.3 is 0 Å². The molecule has 2 aliphatic heterocycles. The van der Waals surface area contributed by atoms with Crippen molar-refractivity contribution in [2.45, 2.75) is 39.3 Å². The Kier molecular flexibility index (Phi) is 9.86. The van der Waals surface area contributed by atoms with E-state index in [0.717, 1.165) is 38.1 Å². The Bertz CT molecular complexity index is 568. The number of hydrogen-bond acceptors (Lipinski definition) is 3. The summed E-state index contributed by atoms with van der Waals surface area (Å²) in [5.74, 6) is 1.66. The molecule has 1 atom stereocenters. The highest BCUT2D eigenvalue weighted by Crippen LogP contribution is 2.14. The van der Waals surface area contributed by atoms with Crippen LogP contribution in [0.2, 0.25) is 0 Å². The molecule has 0 spiro atoms. The average molecular weight is 485 g/mol. The summed E-state index contributed by atoms with van der Waals surface area (Å²) in [6.07, 6.45) is 3.98.